The van der Waals surface area contributed by atoms with Gasteiger partial charge in [-0.2, -0.15) is 0 Å². The van der Waals surface area contributed by atoms with Crippen LogP contribution in [0.4, 0.5) is 5.69 Å². The Morgan fingerprint density at radius 3 is 2.00 bits per heavy atom. The maximum Gasteiger partial charge on any atom is 0.0673 e. The van der Waals surface area contributed by atoms with Gasteiger partial charge in [-0.1, -0.05) is 17.7 Å². The van der Waals surface area contributed by atoms with Gasteiger partial charge in [0.25, 0.3) is 0 Å². The summed E-state index contributed by atoms with van der Waals surface area (Å²) in [5, 5.41) is 3.43. The van der Waals surface area contributed by atoms with E-state index in [1.54, 1.807) is 0 Å². The van der Waals surface area contributed by atoms with Gasteiger partial charge in [-0.3, -0.25) is 4.90 Å². The zero-order chi connectivity index (χ0) is 10.7. The molecule has 14 heavy (non-hydrogen) atoms. The molecule has 2 nitrogen and oxygen atoms in total. The lowest BCUT2D eigenvalue weighted by molar-refractivity contribution is 0.440. The minimum atomic E-state index is 0.880. The van der Waals surface area contributed by atoms with Crippen molar-refractivity contribution in [2.45, 2.75) is 20.8 Å². The van der Waals surface area contributed by atoms with Gasteiger partial charge in [0.2, 0.25) is 0 Å². The summed E-state index contributed by atoms with van der Waals surface area (Å²) in [6.07, 6.45) is 0. The first-order chi connectivity index (χ1) is 6.50. The second-order valence-corrected chi connectivity index (χ2v) is 4.19. The van der Waals surface area contributed by atoms with Crippen LogP contribution >= 0.6 is 0 Å². The Hall–Kier alpha value is -1.02. The van der Waals surface area contributed by atoms with Gasteiger partial charge in [0.1, 0.15) is 0 Å². The second kappa shape index (κ2) is 4.47. The molecule has 0 fully saturated rings. The molecule has 0 saturated heterocycles. The van der Waals surface area contributed by atoms with Crippen LogP contribution in [0.15, 0.2) is 12.1 Å². The molecule has 0 aliphatic rings. The van der Waals surface area contributed by atoms with Crippen molar-refractivity contribution in [2.24, 2.45) is 0 Å². The molecule has 1 N–H and O–H groups in total. The fraction of sp³-hybridized carbons (Fsp3) is 0.500. The number of rotatable bonds is 3. The average molecular weight is 192 g/mol. The first kappa shape index (κ1) is 11.1. The first-order valence-electron chi connectivity index (χ1n) is 4.97. The molecule has 0 radical (unpaired) electrons. The van der Waals surface area contributed by atoms with Gasteiger partial charge in [0, 0.05) is 5.69 Å². The Kier molecular flexibility index (Phi) is 3.53. The maximum absolute atomic E-state index is 3.43. The highest BCUT2D eigenvalue weighted by atomic mass is 15.2. The molecule has 0 aliphatic carbocycles. The zero-order valence-corrected chi connectivity index (χ0v) is 9.81. The molecule has 0 spiro atoms. The predicted molar refractivity (Wildman–Crippen MR) is 62.8 cm³/mol. The van der Waals surface area contributed by atoms with E-state index in [0.717, 1.165) is 6.67 Å². The largest absolute Gasteiger partial charge is 0.372 e. The Morgan fingerprint density at radius 1 is 1.07 bits per heavy atom. The fourth-order valence-corrected chi connectivity index (χ4v) is 1.70. The van der Waals surface area contributed by atoms with Crippen molar-refractivity contribution in [1.29, 1.82) is 0 Å². The van der Waals surface area contributed by atoms with Crippen LogP contribution < -0.4 is 5.32 Å². The summed E-state index contributed by atoms with van der Waals surface area (Å²) in [4.78, 5) is 2.12. The standard InChI is InChI=1S/C12H20N2/c1-9-6-10(2)12(11(3)7-9)13-8-14(4)5/h6-7,13H,8H2,1-5H3. The molecule has 0 amide bonds. The van der Waals surface area contributed by atoms with Crippen LogP contribution in [0.5, 0.6) is 0 Å². The summed E-state index contributed by atoms with van der Waals surface area (Å²) in [6.45, 7) is 7.32. The summed E-state index contributed by atoms with van der Waals surface area (Å²) in [5.41, 5.74) is 5.24. The number of hydrogen-bond acceptors (Lipinski definition) is 2. The van der Waals surface area contributed by atoms with Crippen molar-refractivity contribution in [3.8, 4) is 0 Å². The molecule has 0 unspecified atom stereocenters. The highest BCUT2D eigenvalue weighted by Gasteiger charge is 2.02. The normalized spacial score (nSPS) is 10.7. The summed E-state index contributed by atoms with van der Waals surface area (Å²) in [6, 6.07) is 4.43. The van der Waals surface area contributed by atoms with Crippen LogP contribution in [0.2, 0.25) is 0 Å². The van der Waals surface area contributed by atoms with Crippen LogP contribution in [-0.4, -0.2) is 25.7 Å². The van der Waals surface area contributed by atoms with E-state index in [0.29, 0.717) is 0 Å². The molecular weight excluding hydrogens is 172 g/mol. The first-order valence-corrected chi connectivity index (χ1v) is 4.97. The zero-order valence-electron chi connectivity index (χ0n) is 9.81. The number of aryl methyl sites for hydroxylation is 3. The molecule has 0 aliphatic heterocycles. The minimum Gasteiger partial charge on any atom is -0.372 e. The highest BCUT2D eigenvalue weighted by molar-refractivity contribution is 5.58. The summed E-state index contributed by atoms with van der Waals surface area (Å²) in [5.74, 6) is 0. The molecular formula is C12H20N2. The fourth-order valence-electron chi connectivity index (χ4n) is 1.70. The number of benzene rings is 1. The van der Waals surface area contributed by atoms with E-state index in [4.69, 9.17) is 0 Å². The molecule has 1 rings (SSSR count). The summed E-state index contributed by atoms with van der Waals surface area (Å²) in [7, 11) is 4.12. The van der Waals surface area contributed by atoms with Gasteiger partial charge < -0.3 is 5.32 Å². The number of nitrogens with one attached hydrogen (secondary N) is 1. The molecule has 78 valence electrons. The van der Waals surface area contributed by atoms with E-state index >= 15 is 0 Å². The van der Waals surface area contributed by atoms with E-state index in [2.05, 4.69) is 57.2 Å². The Bertz CT molecular complexity index is 293. The van der Waals surface area contributed by atoms with Crippen LogP contribution in [0.1, 0.15) is 16.7 Å². The van der Waals surface area contributed by atoms with Crippen molar-refractivity contribution in [2.75, 3.05) is 26.1 Å². The Balaban J connectivity index is 2.86. The molecule has 0 heterocycles. The smallest absolute Gasteiger partial charge is 0.0673 e. The van der Waals surface area contributed by atoms with Crippen molar-refractivity contribution in [3.05, 3.63) is 28.8 Å². The SMILES string of the molecule is Cc1cc(C)c(NCN(C)C)c(C)c1. The Morgan fingerprint density at radius 2 is 1.57 bits per heavy atom. The van der Waals surface area contributed by atoms with Gasteiger partial charge in [-0.15, -0.1) is 0 Å². The van der Waals surface area contributed by atoms with Crippen LogP contribution in [0.3, 0.4) is 0 Å². The second-order valence-electron chi connectivity index (χ2n) is 4.19. The van der Waals surface area contributed by atoms with Gasteiger partial charge in [-0.25, -0.2) is 0 Å². The molecule has 0 saturated carbocycles. The molecule has 2 heteroatoms. The van der Waals surface area contributed by atoms with E-state index in [1.165, 1.54) is 22.4 Å². The molecule has 0 atom stereocenters. The molecule has 0 aromatic heterocycles. The highest BCUT2D eigenvalue weighted by Crippen LogP contribution is 2.21. The quantitative estimate of drug-likeness (QED) is 0.740. The number of hydrogen-bond donors (Lipinski definition) is 1. The summed E-state index contributed by atoms with van der Waals surface area (Å²) < 4.78 is 0. The third-order valence-corrected chi connectivity index (χ3v) is 2.25. The van der Waals surface area contributed by atoms with Crippen molar-refractivity contribution < 1.29 is 0 Å². The van der Waals surface area contributed by atoms with Gasteiger partial charge in [0.05, 0.1) is 6.67 Å². The maximum atomic E-state index is 3.43. The topological polar surface area (TPSA) is 15.3 Å². The van der Waals surface area contributed by atoms with E-state index in [9.17, 15) is 0 Å². The number of nitrogens with zero attached hydrogens (tertiary/aromatic N) is 1. The molecule has 0 bridgehead atoms. The monoisotopic (exact) mass is 192 g/mol. The van der Waals surface area contributed by atoms with E-state index in [-0.39, 0.29) is 0 Å². The molecule has 1 aromatic rings. The minimum absolute atomic E-state index is 0.880. The van der Waals surface area contributed by atoms with Crippen molar-refractivity contribution in [3.63, 3.8) is 0 Å². The van der Waals surface area contributed by atoms with Crippen LogP contribution in [-0.2, 0) is 0 Å². The van der Waals surface area contributed by atoms with Gasteiger partial charge >= 0.3 is 0 Å². The lowest BCUT2D eigenvalue weighted by Gasteiger charge is -2.17. The molecule has 1 aromatic carbocycles. The lowest BCUT2D eigenvalue weighted by atomic mass is 10.1. The average Bonchev–Trinajstić information content (AvgIpc) is 2.01. The van der Waals surface area contributed by atoms with Gasteiger partial charge in [0.15, 0.2) is 0 Å². The van der Waals surface area contributed by atoms with Crippen molar-refractivity contribution in [1.82, 2.24) is 4.90 Å². The van der Waals surface area contributed by atoms with Crippen molar-refractivity contribution >= 4 is 5.69 Å². The van der Waals surface area contributed by atoms with Crippen LogP contribution in [0, 0.1) is 20.8 Å². The van der Waals surface area contributed by atoms with Gasteiger partial charge in [-0.05, 0) is 46.0 Å². The van der Waals surface area contributed by atoms with Crippen LogP contribution in [0.25, 0.3) is 0 Å². The summed E-state index contributed by atoms with van der Waals surface area (Å²) >= 11 is 0. The third kappa shape index (κ3) is 2.74. The van der Waals surface area contributed by atoms with E-state index in [1.807, 2.05) is 0 Å². The number of anilines is 1. The Labute approximate surface area is 86.9 Å². The predicted octanol–water partition coefficient (Wildman–Crippen LogP) is 2.54. The lowest BCUT2D eigenvalue weighted by Crippen LogP contribution is -2.21. The third-order valence-electron chi connectivity index (χ3n) is 2.25. The van der Waals surface area contributed by atoms with E-state index < -0.39 is 0 Å².